The molecule has 3 heteroatoms. The van der Waals surface area contributed by atoms with E-state index in [1.807, 2.05) is 25.1 Å². The normalized spacial score (nSPS) is 19.5. The number of hydrogen-bond acceptors (Lipinski definition) is 1. The molecule has 0 heterocycles. The van der Waals surface area contributed by atoms with Crippen LogP contribution in [0.2, 0.25) is 5.02 Å². The van der Waals surface area contributed by atoms with Gasteiger partial charge in [0.15, 0.2) is 0 Å². The first kappa shape index (κ1) is 12.4. The van der Waals surface area contributed by atoms with Crippen LogP contribution < -0.4 is 0 Å². The molecular weight excluding hydrogens is 287 g/mol. The topological polar surface area (TPSA) is 20.2 Å². The van der Waals surface area contributed by atoms with Gasteiger partial charge in [0.2, 0.25) is 0 Å². The Balaban J connectivity index is 2.18. The molecule has 16 heavy (non-hydrogen) atoms. The Kier molecular flexibility index (Phi) is 3.62. The zero-order valence-electron chi connectivity index (χ0n) is 9.34. The first-order valence-corrected chi connectivity index (χ1v) is 6.88. The van der Waals surface area contributed by atoms with E-state index in [2.05, 4.69) is 15.9 Å². The van der Waals surface area contributed by atoms with E-state index in [9.17, 15) is 5.11 Å². The summed E-state index contributed by atoms with van der Waals surface area (Å²) < 4.78 is 0.979. The summed E-state index contributed by atoms with van der Waals surface area (Å²) in [6.07, 6.45) is 3.77. The maximum absolute atomic E-state index is 10.5. The SMILES string of the molecule is CCC(O)(Cc1ccc(Br)cc1Cl)C1CC1. The van der Waals surface area contributed by atoms with Crippen molar-refractivity contribution >= 4 is 27.5 Å². The molecule has 2 rings (SSSR count). The molecule has 0 spiro atoms. The monoisotopic (exact) mass is 302 g/mol. The van der Waals surface area contributed by atoms with Crippen LogP contribution in [-0.4, -0.2) is 10.7 Å². The molecule has 1 saturated carbocycles. The van der Waals surface area contributed by atoms with Crippen molar-refractivity contribution in [2.45, 2.75) is 38.2 Å². The van der Waals surface area contributed by atoms with Crippen molar-refractivity contribution in [2.75, 3.05) is 0 Å². The molecule has 88 valence electrons. The van der Waals surface area contributed by atoms with Crippen LogP contribution >= 0.6 is 27.5 Å². The summed E-state index contributed by atoms with van der Waals surface area (Å²) in [6, 6.07) is 5.86. The third kappa shape index (κ3) is 2.61. The highest BCUT2D eigenvalue weighted by molar-refractivity contribution is 9.10. The molecule has 1 aromatic carbocycles. The standard InChI is InChI=1S/C13H16BrClO/c1-2-13(16,10-4-5-10)8-9-3-6-11(14)7-12(9)15/h3,6-7,10,16H,2,4-5,8H2,1H3. The van der Waals surface area contributed by atoms with Crippen LogP contribution in [0.3, 0.4) is 0 Å². The van der Waals surface area contributed by atoms with Gasteiger partial charge in [0.1, 0.15) is 0 Å². The molecule has 1 fully saturated rings. The molecule has 1 aliphatic carbocycles. The molecule has 1 N–H and O–H groups in total. The molecule has 1 unspecified atom stereocenters. The Morgan fingerprint density at radius 3 is 2.69 bits per heavy atom. The Hall–Kier alpha value is -0.0500. The number of aliphatic hydroxyl groups is 1. The molecule has 0 aromatic heterocycles. The fourth-order valence-corrected chi connectivity index (χ4v) is 2.91. The van der Waals surface area contributed by atoms with Crippen molar-refractivity contribution in [3.05, 3.63) is 33.3 Å². The van der Waals surface area contributed by atoms with Crippen LogP contribution in [0.25, 0.3) is 0 Å². The highest BCUT2D eigenvalue weighted by Crippen LogP contribution is 2.44. The zero-order valence-corrected chi connectivity index (χ0v) is 11.7. The molecule has 0 bridgehead atoms. The van der Waals surface area contributed by atoms with Crippen molar-refractivity contribution in [1.29, 1.82) is 0 Å². The minimum Gasteiger partial charge on any atom is -0.389 e. The van der Waals surface area contributed by atoms with E-state index in [-0.39, 0.29) is 0 Å². The lowest BCUT2D eigenvalue weighted by Crippen LogP contribution is -2.33. The minimum atomic E-state index is -0.558. The second kappa shape index (κ2) is 4.67. The Bertz CT molecular complexity index is 390. The fraction of sp³-hybridized carbons (Fsp3) is 0.538. The first-order chi connectivity index (χ1) is 7.55. The predicted molar refractivity (Wildman–Crippen MR) is 70.8 cm³/mol. The lowest BCUT2D eigenvalue weighted by molar-refractivity contribution is 0.0139. The number of halogens is 2. The Morgan fingerprint density at radius 1 is 1.50 bits per heavy atom. The van der Waals surface area contributed by atoms with E-state index in [4.69, 9.17) is 11.6 Å². The molecule has 0 amide bonds. The van der Waals surface area contributed by atoms with Gasteiger partial charge in [-0.05, 0) is 42.9 Å². The van der Waals surface area contributed by atoms with Crippen molar-refractivity contribution in [1.82, 2.24) is 0 Å². The van der Waals surface area contributed by atoms with Crippen LogP contribution in [0.1, 0.15) is 31.7 Å². The average molecular weight is 304 g/mol. The predicted octanol–water partition coefficient (Wildman–Crippen LogP) is 4.20. The summed E-state index contributed by atoms with van der Waals surface area (Å²) in [4.78, 5) is 0. The number of rotatable bonds is 4. The second-order valence-corrected chi connectivity index (χ2v) is 5.97. The van der Waals surface area contributed by atoms with Crippen LogP contribution in [0, 0.1) is 5.92 Å². The van der Waals surface area contributed by atoms with Gasteiger partial charge in [-0.15, -0.1) is 0 Å². The van der Waals surface area contributed by atoms with Gasteiger partial charge < -0.3 is 5.11 Å². The summed E-state index contributed by atoms with van der Waals surface area (Å²) in [5.74, 6) is 0.470. The van der Waals surface area contributed by atoms with Gasteiger partial charge in [-0.25, -0.2) is 0 Å². The lowest BCUT2D eigenvalue weighted by atomic mass is 9.87. The third-order valence-corrected chi connectivity index (χ3v) is 4.31. The van der Waals surface area contributed by atoms with Crippen LogP contribution in [0.5, 0.6) is 0 Å². The molecule has 0 radical (unpaired) electrons. The number of hydrogen-bond donors (Lipinski definition) is 1. The van der Waals surface area contributed by atoms with Crippen molar-refractivity contribution in [2.24, 2.45) is 5.92 Å². The summed E-state index contributed by atoms with van der Waals surface area (Å²) in [6.45, 7) is 2.05. The number of benzene rings is 1. The van der Waals surface area contributed by atoms with Gasteiger partial charge in [-0.1, -0.05) is 40.5 Å². The molecular formula is C13H16BrClO. The first-order valence-electron chi connectivity index (χ1n) is 5.71. The minimum absolute atomic E-state index is 0.470. The highest BCUT2D eigenvalue weighted by atomic mass is 79.9. The van der Waals surface area contributed by atoms with Gasteiger partial charge in [0.25, 0.3) is 0 Å². The maximum Gasteiger partial charge on any atom is 0.0713 e. The smallest absolute Gasteiger partial charge is 0.0713 e. The van der Waals surface area contributed by atoms with Gasteiger partial charge in [0, 0.05) is 15.9 Å². The van der Waals surface area contributed by atoms with Gasteiger partial charge in [-0.2, -0.15) is 0 Å². The zero-order chi connectivity index (χ0) is 11.8. The van der Waals surface area contributed by atoms with E-state index in [0.717, 1.165) is 34.3 Å². The van der Waals surface area contributed by atoms with Crippen molar-refractivity contribution < 1.29 is 5.11 Å². The summed E-state index contributed by atoms with van der Waals surface area (Å²) in [5, 5.41) is 11.3. The third-order valence-electron chi connectivity index (χ3n) is 3.46. The molecule has 1 aliphatic rings. The van der Waals surface area contributed by atoms with E-state index >= 15 is 0 Å². The van der Waals surface area contributed by atoms with Crippen LogP contribution in [0.15, 0.2) is 22.7 Å². The van der Waals surface area contributed by atoms with E-state index in [1.54, 1.807) is 0 Å². The van der Waals surface area contributed by atoms with Crippen LogP contribution in [0.4, 0.5) is 0 Å². The fourth-order valence-electron chi connectivity index (χ4n) is 2.17. The van der Waals surface area contributed by atoms with E-state index in [0.29, 0.717) is 12.3 Å². The molecule has 1 aromatic rings. The lowest BCUT2D eigenvalue weighted by Gasteiger charge is -2.27. The van der Waals surface area contributed by atoms with Crippen LogP contribution in [-0.2, 0) is 6.42 Å². The van der Waals surface area contributed by atoms with Crippen molar-refractivity contribution in [3.63, 3.8) is 0 Å². The quantitative estimate of drug-likeness (QED) is 0.884. The molecule has 1 nitrogen and oxygen atoms in total. The highest BCUT2D eigenvalue weighted by Gasteiger charge is 2.42. The molecule has 0 aliphatic heterocycles. The van der Waals surface area contributed by atoms with Crippen molar-refractivity contribution in [3.8, 4) is 0 Å². The largest absolute Gasteiger partial charge is 0.389 e. The average Bonchev–Trinajstić information content (AvgIpc) is 3.06. The maximum atomic E-state index is 10.5. The van der Waals surface area contributed by atoms with Gasteiger partial charge in [0.05, 0.1) is 5.60 Å². The summed E-state index contributed by atoms with van der Waals surface area (Å²) >= 11 is 9.56. The van der Waals surface area contributed by atoms with Gasteiger partial charge >= 0.3 is 0 Å². The molecule has 1 atom stereocenters. The summed E-state index contributed by atoms with van der Waals surface area (Å²) in [7, 11) is 0. The Labute approximate surface area is 110 Å². The summed E-state index contributed by atoms with van der Waals surface area (Å²) in [5.41, 5.74) is 0.485. The van der Waals surface area contributed by atoms with E-state index < -0.39 is 5.60 Å². The van der Waals surface area contributed by atoms with E-state index in [1.165, 1.54) is 0 Å². The molecule has 0 saturated heterocycles. The Morgan fingerprint density at radius 2 is 2.19 bits per heavy atom. The van der Waals surface area contributed by atoms with Gasteiger partial charge in [-0.3, -0.25) is 0 Å². The second-order valence-electron chi connectivity index (χ2n) is 4.64.